The summed E-state index contributed by atoms with van der Waals surface area (Å²) in [5, 5.41) is 11.8. The molecule has 2 heterocycles. The number of hydrogen-bond acceptors (Lipinski definition) is 4. The first-order chi connectivity index (χ1) is 9.28. The van der Waals surface area contributed by atoms with Crippen molar-refractivity contribution in [3.63, 3.8) is 0 Å². The molecule has 19 heavy (non-hydrogen) atoms. The molecule has 0 radical (unpaired) electrons. The average molecular weight is 275 g/mol. The van der Waals surface area contributed by atoms with Crippen molar-refractivity contribution in [3.05, 3.63) is 41.6 Å². The maximum atomic E-state index is 5.99. The van der Waals surface area contributed by atoms with Crippen LogP contribution in [0, 0.1) is 0 Å². The van der Waals surface area contributed by atoms with Crippen LogP contribution in [0.3, 0.4) is 0 Å². The number of H-pyrrole nitrogens is 1. The van der Waals surface area contributed by atoms with E-state index in [-0.39, 0.29) is 0 Å². The smallest absolute Gasteiger partial charge is 0.161 e. The lowest BCUT2D eigenvalue weighted by atomic mass is 10.3. The van der Waals surface area contributed by atoms with Gasteiger partial charge in [-0.15, -0.1) is 0 Å². The third-order valence-electron chi connectivity index (χ3n) is 2.75. The second-order valence-corrected chi connectivity index (χ2v) is 4.35. The van der Waals surface area contributed by atoms with E-state index >= 15 is 0 Å². The van der Waals surface area contributed by atoms with Crippen molar-refractivity contribution in [2.45, 2.75) is 0 Å². The molecule has 0 amide bonds. The standard InChI is InChI=1S/C13H11ClN4O/c1-19-11-7-8(4-5-10(11)14)16-13-9-3-2-6-15-12(9)17-18-13/h2-7H,1H3,(H2,15,16,17,18). The van der Waals surface area contributed by atoms with Gasteiger partial charge in [0.15, 0.2) is 11.5 Å². The molecule has 6 heteroatoms. The fourth-order valence-electron chi connectivity index (χ4n) is 1.82. The second kappa shape index (κ2) is 4.78. The molecule has 3 aromatic rings. The summed E-state index contributed by atoms with van der Waals surface area (Å²) >= 11 is 5.99. The molecule has 0 unspecified atom stereocenters. The van der Waals surface area contributed by atoms with Gasteiger partial charge in [0.2, 0.25) is 0 Å². The number of halogens is 1. The van der Waals surface area contributed by atoms with Crippen molar-refractivity contribution < 1.29 is 4.74 Å². The molecule has 0 aliphatic rings. The Bertz CT molecular complexity index is 725. The van der Waals surface area contributed by atoms with E-state index in [1.807, 2.05) is 24.3 Å². The zero-order chi connectivity index (χ0) is 13.2. The summed E-state index contributed by atoms with van der Waals surface area (Å²) in [6.45, 7) is 0. The lowest BCUT2D eigenvalue weighted by Crippen LogP contribution is -1.92. The Labute approximate surface area is 114 Å². The number of methoxy groups -OCH3 is 1. The van der Waals surface area contributed by atoms with Crippen LogP contribution in [0.5, 0.6) is 5.75 Å². The molecule has 96 valence electrons. The van der Waals surface area contributed by atoms with Crippen molar-refractivity contribution in [3.8, 4) is 5.75 Å². The van der Waals surface area contributed by atoms with Gasteiger partial charge in [0.05, 0.1) is 17.5 Å². The van der Waals surface area contributed by atoms with Gasteiger partial charge in [0.25, 0.3) is 0 Å². The third kappa shape index (κ3) is 2.20. The number of pyridine rings is 1. The maximum Gasteiger partial charge on any atom is 0.161 e. The fraction of sp³-hybridized carbons (Fsp3) is 0.0769. The fourth-order valence-corrected chi connectivity index (χ4v) is 2.02. The van der Waals surface area contributed by atoms with Crippen LogP contribution in [0.15, 0.2) is 36.5 Å². The number of fused-ring (bicyclic) bond motifs is 1. The number of aromatic nitrogens is 3. The van der Waals surface area contributed by atoms with Gasteiger partial charge in [0, 0.05) is 18.0 Å². The van der Waals surface area contributed by atoms with Gasteiger partial charge < -0.3 is 10.1 Å². The molecular weight excluding hydrogens is 264 g/mol. The van der Waals surface area contributed by atoms with Crippen LogP contribution in [0.2, 0.25) is 5.02 Å². The number of nitrogens with zero attached hydrogens (tertiary/aromatic N) is 2. The van der Waals surface area contributed by atoms with E-state index in [4.69, 9.17) is 16.3 Å². The Morgan fingerprint density at radius 1 is 1.32 bits per heavy atom. The van der Waals surface area contributed by atoms with E-state index in [1.54, 1.807) is 19.4 Å². The van der Waals surface area contributed by atoms with Crippen LogP contribution in [-0.4, -0.2) is 22.3 Å². The SMILES string of the molecule is COc1cc(Nc2n[nH]c3ncccc23)ccc1Cl. The number of benzene rings is 1. The molecule has 1 aromatic carbocycles. The summed E-state index contributed by atoms with van der Waals surface area (Å²) in [4.78, 5) is 4.19. The quantitative estimate of drug-likeness (QED) is 0.769. The van der Waals surface area contributed by atoms with E-state index < -0.39 is 0 Å². The zero-order valence-electron chi connectivity index (χ0n) is 10.1. The highest BCUT2D eigenvalue weighted by Gasteiger charge is 2.07. The monoisotopic (exact) mass is 274 g/mol. The van der Waals surface area contributed by atoms with Crippen molar-refractivity contribution in [2.75, 3.05) is 12.4 Å². The van der Waals surface area contributed by atoms with Crippen molar-refractivity contribution in [1.29, 1.82) is 0 Å². The summed E-state index contributed by atoms with van der Waals surface area (Å²) < 4.78 is 5.18. The minimum atomic E-state index is 0.571. The van der Waals surface area contributed by atoms with Gasteiger partial charge >= 0.3 is 0 Å². The van der Waals surface area contributed by atoms with Crippen LogP contribution in [0.1, 0.15) is 0 Å². The summed E-state index contributed by atoms with van der Waals surface area (Å²) in [7, 11) is 1.58. The molecule has 0 bridgehead atoms. The maximum absolute atomic E-state index is 5.99. The first-order valence-corrected chi connectivity index (χ1v) is 6.05. The molecule has 0 aliphatic carbocycles. The largest absolute Gasteiger partial charge is 0.495 e. The summed E-state index contributed by atoms with van der Waals surface area (Å²) in [5.41, 5.74) is 1.59. The highest BCUT2D eigenvalue weighted by atomic mass is 35.5. The topological polar surface area (TPSA) is 62.8 Å². The van der Waals surface area contributed by atoms with Crippen LogP contribution in [-0.2, 0) is 0 Å². The van der Waals surface area contributed by atoms with Crippen molar-refractivity contribution in [2.24, 2.45) is 0 Å². The van der Waals surface area contributed by atoms with E-state index in [2.05, 4.69) is 20.5 Å². The van der Waals surface area contributed by atoms with Gasteiger partial charge in [-0.05, 0) is 24.3 Å². The van der Waals surface area contributed by atoms with Crippen molar-refractivity contribution >= 4 is 34.1 Å². The summed E-state index contributed by atoms with van der Waals surface area (Å²) in [5.74, 6) is 1.33. The highest BCUT2D eigenvalue weighted by molar-refractivity contribution is 6.32. The minimum absolute atomic E-state index is 0.571. The predicted octanol–water partition coefficient (Wildman–Crippen LogP) is 3.36. The molecule has 0 fully saturated rings. The summed E-state index contributed by atoms with van der Waals surface area (Å²) in [6, 6.07) is 9.27. The molecule has 5 nitrogen and oxygen atoms in total. The Balaban J connectivity index is 1.97. The average Bonchev–Trinajstić information content (AvgIpc) is 2.84. The molecule has 0 atom stereocenters. The van der Waals surface area contributed by atoms with Gasteiger partial charge in [0.1, 0.15) is 5.75 Å². The predicted molar refractivity (Wildman–Crippen MR) is 75.2 cm³/mol. The number of anilines is 2. The van der Waals surface area contributed by atoms with E-state index in [0.29, 0.717) is 16.6 Å². The minimum Gasteiger partial charge on any atom is -0.495 e. The highest BCUT2D eigenvalue weighted by Crippen LogP contribution is 2.30. The molecule has 2 N–H and O–H groups in total. The number of hydrogen-bond donors (Lipinski definition) is 2. The number of aromatic amines is 1. The van der Waals surface area contributed by atoms with Crippen LogP contribution in [0.4, 0.5) is 11.5 Å². The van der Waals surface area contributed by atoms with Gasteiger partial charge in [-0.1, -0.05) is 11.6 Å². The first kappa shape index (κ1) is 11.8. The lowest BCUT2D eigenvalue weighted by molar-refractivity contribution is 0.415. The molecule has 3 rings (SSSR count). The first-order valence-electron chi connectivity index (χ1n) is 5.67. The number of rotatable bonds is 3. The van der Waals surface area contributed by atoms with E-state index in [1.165, 1.54) is 0 Å². The molecule has 0 saturated heterocycles. The Kier molecular flexibility index (Phi) is 2.97. The molecular formula is C13H11ClN4O. The van der Waals surface area contributed by atoms with Crippen LogP contribution >= 0.6 is 11.6 Å². The van der Waals surface area contributed by atoms with Crippen LogP contribution in [0.25, 0.3) is 11.0 Å². The number of nitrogens with one attached hydrogen (secondary N) is 2. The van der Waals surface area contributed by atoms with Gasteiger partial charge in [-0.25, -0.2) is 4.98 Å². The van der Waals surface area contributed by atoms with Gasteiger partial charge in [-0.3, -0.25) is 5.10 Å². The zero-order valence-corrected chi connectivity index (χ0v) is 10.9. The second-order valence-electron chi connectivity index (χ2n) is 3.95. The normalized spacial score (nSPS) is 10.6. The Morgan fingerprint density at radius 2 is 2.21 bits per heavy atom. The van der Waals surface area contributed by atoms with Crippen LogP contribution < -0.4 is 10.1 Å². The Hall–Kier alpha value is -2.27. The molecule has 0 spiro atoms. The lowest BCUT2D eigenvalue weighted by Gasteiger charge is -2.07. The van der Waals surface area contributed by atoms with Gasteiger partial charge in [-0.2, -0.15) is 5.10 Å². The molecule has 2 aromatic heterocycles. The summed E-state index contributed by atoms with van der Waals surface area (Å²) in [6.07, 6.45) is 1.72. The van der Waals surface area contributed by atoms with E-state index in [0.717, 1.165) is 16.7 Å². The molecule has 0 saturated carbocycles. The van der Waals surface area contributed by atoms with E-state index in [9.17, 15) is 0 Å². The Morgan fingerprint density at radius 3 is 3.05 bits per heavy atom. The molecule has 0 aliphatic heterocycles. The third-order valence-corrected chi connectivity index (χ3v) is 3.06. The van der Waals surface area contributed by atoms with Crippen molar-refractivity contribution in [1.82, 2.24) is 15.2 Å². The number of ether oxygens (including phenoxy) is 1.